The van der Waals surface area contributed by atoms with Crippen molar-refractivity contribution in [3.63, 3.8) is 0 Å². The maximum Gasteiger partial charge on any atom is 0.234 e. The molecule has 0 atom stereocenters. The summed E-state index contributed by atoms with van der Waals surface area (Å²) in [6, 6.07) is 12.4. The van der Waals surface area contributed by atoms with Crippen molar-refractivity contribution in [1.82, 2.24) is 15.3 Å². The third-order valence-corrected chi connectivity index (χ3v) is 6.13. The number of benzene rings is 1. The molecule has 0 spiro atoms. The average molecular weight is 444 g/mol. The molecule has 0 unspecified atom stereocenters. The van der Waals surface area contributed by atoms with Crippen LogP contribution in [0.15, 0.2) is 36.4 Å². The molecule has 8 nitrogen and oxygen atoms in total. The summed E-state index contributed by atoms with van der Waals surface area (Å²) in [5, 5.41) is 7.01. The summed E-state index contributed by atoms with van der Waals surface area (Å²) in [5.41, 5.74) is 1.29. The Hall–Kier alpha value is -2.49. The molecule has 0 saturated carbocycles. The van der Waals surface area contributed by atoms with Crippen molar-refractivity contribution in [3.05, 3.63) is 42.0 Å². The predicted octanol–water partition coefficient (Wildman–Crippen LogP) is 2.36. The Labute approximate surface area is 188 Å². The van der Waals surface area contributed by atoms with Crippen LogP contribution in [0, 0.1) is 0 Å². The zero-order valence-electron chi connectivity index (χ0n) is 17.8. The maximum absolute atomic E-state index is 5.62. The van der Waals surface area contributed by atoms with Gasteiger partial charge in [0.25, 0.3) is 0 Å². The second-order valence-corrected chi connectivity index (χ2v) is 8.17. The van der Waals surface area contributed by atoms with Gasteiger partial charge in [0.1, 0.15) is 5.82 Å². The molecule has 2 N–H and O–H groups in total. The van der Waals surface area contributed by atoms with E-state index in [0.717, 1.165) is 45.0 Å². The SMILES string of the molecule is COc1cc(N2CCOCC2)nc(NC(=S)NCC2(c3ccccc3)CCOCC2)n1. The van der Waals surface area contributed by atoms with Crippen LogP contribution in [0.4, 0.5) is 11.8 Å². The molecule has 2 fully saturated rings. The summed E-state index contributed by atoms with van der Waals surface area (Å²) in [4.78, 5) is 11.2. The van der Waals surface area contributed by atoms with Gasteiger partial charge in [-0.25, -0.2) is 0 Å². The lowest BCUT2D eigenvalue weighted by molar-refractivity contribution is 0.0515. The lowest BCUT2D eigenvalue weighted by atomic mass is 9.74. The number of methoxy groups -OCH3 is 1. The molecule has 2 aliphatic heterocycles. The minimum absolute atomic E-state index is 0.0144. The van der Waals surface area contributed by atoms with E-state index in [0.29, 0.717) is 36.7 Å². The number of thiocarbonyl (C=S) groups is 1. The zero-order valence-corrected chi connectivity index (χ0v) is 18.6. The van der Waals surface area contributed by atoms with Crippen LogP contribution in [0.1, 0.15) is 18.4 Å². The fraction of sp³-hybridized carbons (Fsp3) is 0.500. The summed E-state index contributed by atoms with van der Waals surface area (Å²) in [6.45, 7) is 5.14. The largest absolute Gasteiger partial charge is 0.481 e. The van der Waals surface area contributed by atoms with Gasteiger partial charge < -0.3 is 29.7 Å². The van der Waals surface area contributed by atoms with E-state index in [4.69, 9.17) is 26.4 Å². The molecule has 3 heterocycles. The second-order valence-electron chi connectivity index (χ2n) is 7.76. The highest BCUT2D eigenvalue weighted by Gasteiger charge is 2.34. The number of hydrogen-bond acceptors (Lipinski definition) is 7. The molecule has 31 heavy (non-hydrogen) atoms. The number of rotatable bonds is 6. The molecule has 166 valence electrons. The Kier molecular flexibility index (Phi) is 7.16. The Balaban J connectivity index is 1.44. The second kappa shape index (κ2) is 10.2. The van der Waals surface area contributed by atoms with E-state index in [1.807, 2.05) is 12.1 Å². The fourth-order valence-electron chi connectivity index (χ4n) is 4.04. The summed E-state index contributed by atoms with van der Waals surface area (Å²) < 4.78 is 16.4. The van der Waals surface area contributed by atoms with E-state index in [-0.39, 0.29) is 5.41 Å². The van der Waals surface area contributed by atoms with E-state index in [1.165, 1.54) is 5.56 Å². The molecule has 2 saturated heterocycles. The van der Waals surface area contributed by atoms with Crippen LogP contribution in [0.25, 0.3) is 0 Å². The van der Waals surface area contributed by atoms with Crippen LogP contribution in [-0.2, 0) is 14.9 Å². The van der Waals surface area contributed by atoms with Gasteiger partial charge in [-0.15, -0.1) is 0 Å². The maximum atomic E-state index is 5.62. The molecule has 0 aliphatic carbocycles. The van der Waals surface area contributed by atoms with Gasteiger partial charge in [0.05, 0.1) is 20.3 Å². The number of hydrogen-bond donors (Lipinski definition) is 2. The lowest BCUT2D eigenvalue weighted by Crippen LogP contribution is -2.45. The first-order valence-electron chi connectivity index (χ1n) is 10.6. The van der Waals surface area contributed by atoms with E-state index in [9.17, 15) is 0 Å². The van der Waals surface area contributed by atoms with Crippen LogP contribution in [-0.4, -0.2) is 68.3 Å². The predicted molar refractivity (Wildman–Crippen MR) is 124 cm³/mol. The van der Waals surface area contributed by atoms with E-state index < -0.39 is 0 Å². The molecule has 1 aromatic carbocycles. The topological polar surface area (TPSA) is 80.8 Å². The third-order valence-electron chi connectivity index (χ3n) is 5.88. The smallest absolute Gasteiger partial charge is 0.234 e. The third kappa shape index (κ3) is 5.41. The highest BCUT2D eigenvalue weighted by molar-refractivity contribution is 7.80. The summed E-state index contributed by atoms with van der Waals surface area (Å²) in [7, 11) is 1.60. The Morgan fingerprint density at radius 3 is 2.52 bits per heavy atom. The van der Waals surface area contributed by atoms with Crippen LogP contribution in [0.5, 0.6) is 5.88 Å². The van der Waals surface area contributed by atoms with Crippen molar-refractivity contribution in [2.75, 3.05) is 63.4 Å². The van der Waals surface area contributed by atoms with Gasteiger partial charge in [-0.05, 0) is 30.6 Å². The number of aromatic nitrogens is 2. The first-order valence-corrected chi connectivity index (χ1v) is 11.0. The molecule has 0 radical (unpaired) electrons. The highest BCUT2D eigenvalue weighted by atomic mass is 32.1. The molecule has 2 aromatic rings. The van der Waals surface area contributed by atoms with Crippen LogP contribution < -0.4 is 20.3 Å². The molecule has 9 heteroatoms. The Morgan fingerprint density at radius 2 is 1.81 bits per heavy atom. The number of ether oxygens (including phenoxy) is 3. The van der Waals surface area contributed by atoms with Crippen molar-refractivity contribution in [2.24, 2.45) is 0 Å². The van der Waals surface area contributed by atoms with Gasteiger partial charge in [-0.1, -0.05) is 30.3 Å². The lowest BCUT2D eigenvalue weighted by Gasteiger charge is -2.38. The van der Waals surface area contributed by atoms with Gasteiger partial charge in [-0.2, -0.15) is 9.97 Å². The summed E-state index contributed by atoms with van der Waals surface area (Å²) >= 11 is 5.58. The summed E-state index contributed by atoms with van der Waals surface area (Å²) in [5.74, 6) is 1.71. The molecule has 4 rings (SSSR count). The van der Waals surface area contributed by atoms with E-state index >= 15 is 0 Å². The van der Waals surface area contributed by atoms with Gasteiger partial charge in [0.15, 0.2) is 5.11 Å². The monoisotopic (exact) mass is 443 g/mol. The molecule has 0 bridgehead atoms. The average Bonchev–Trinajstić information content (AvgIpc) is 2.84. The number of morpholine rings is 1. The van der Waals surface area contributed by atoms with Gasteiger partial charge in [0.2, 0.25) is 11.8 Å². The van der Waals surface area contributed by atoms with Gasteiger partial charge in [0, 0.05) is 44.3 Å². The van der Waals surface area contributed by atoms with Crippen molar-refractivity contribution < 1.29 is 14.2 Å². The van der Waals surface area contributed by atoms with Crippen molar-refractivity contribution in [1.29, 1.82) is 0 Å². The van der Waals surface area contributed by atoms with E-state index in [2.05, 4.69) is 49.8 Å². The number of nitrogens with zero attached hydrogens (tertiary/aromatic N) is 3. The van der Waals surface area contributed by atoms with Crippen molar-refractivity contribution in [3.8, 4) is 5.88 Å². The zero-order chi connectivity index (χ0) is 21.5. The summed E-state index contributed by atoms with van der Waals surface area (Å²) in [6.07, 6.45) is 1.90. The Bertz CT molecular complexity index is 871. The van der Waals surface area contributed by atoms with Gasteiger partial charge in [-0.3, -0.25) is 0 Å². The standard InChI is InChI=1S/C22H29N5O3S/c1-28-19-15-18(27-9-13-30-14-10-27)24-20(25-19)26-21(31)23-16-22(7-11-29-12-8-22)17-5-3-2-4-6-17/h2-6,15H,7-14,16H2,1H3,(H2,23,24,25,26,31). The molecule has 0 amide bonds. The number of anilines is 2. The minimum atomic E-state index is -0.0144. The fourth-order valence-corrected chi connectivity index (χ4v) is 4.21. The molecular formula is C22H29N5O3S. The van der Waals surface area contributed by atoms with Crippen molar-refractivity contribution in [2.45, 2.75) is 18.3 Å². The van der Waals surface area contributed by atoms with Gasteiger partial charge >= 0.3 is 0 Å². The Morgan fingerprint density at radius 1 is 1.10 bits per heavy atom. The molecular weight excluding hydrogens is 414 g/mol. The normalized spacial score (nSPS) is 18.3. The first-order chi connectivity index (χ1) is 15.2. The van der Waals surface area contributed by atoms with Crippen molar-refractivity contribution >= 4 is 29.1 Å². The highest BCUT2D eigenvalue weighted by Crippen LogP contribution is 2.34. The minimum Gasteiger partial charge on any atom is -0.481 e. The quantitative estimate of drug-likeness (QED) is 0.654. The first kappa shape index (κ1) is 21.7. The molecule has 1 aromatic heterocycles. The molecule has 2 aliphatic rings. The van der Waals surface area contributed by atoms with E-state index in [1.54, 1.807) is 7.11 Å². The number of nitrogens with one attached hydrogen (secondary N) is 2. The van der Waals surface area contributed by atoms with Crippen LogP contribution in [0.3, 0.4) is 0 Å². The van der Waals surface area contributed by atoms with Crippen LogP contribution in [0.2, 0.25) is 0 Å². The van der Waals surface area contributed by atoms with Crippen LogP contribution >= 0.6 is 12.2 Å².